The molecule has 0 heterocycles. The van der Waals surface area contributed by atoms with Crippen molar-refractivity contribution >= 4 is 11.8 Å². The average molecular weight is 220 g/mol. The highest BCUT2D eigenvalue weighted by atomic mass is 16.6. The largest absolute Gasteiger partial charge is 0.319 e. The zero-order valence-electron chi connectivity index (χ0n) is 9.56. The molecular formula is C12H16N2O2. The van der Waals surface area contributed by atoms with Gasteiger partial charge in [-0.15, -0.1) is 0 Å². The molecule has 0 spiro atoms. The monoisotopic (exact) mass is 220 g/mol. The Balaban J connectivity index is 2.92. The number of nitro groups is 1. The van der Waals surface area contributed by atoms with Crippen LogP contribution in [0.5, 0.6) is 0 Å². The first-order valence-corrected chi connectivity index (χ1v) is 5.22. The van der Waals surface area contributed by atoms with E-state index in [9.17, 15) is 10.1 Å². The molecular weight excluding hydrogens is 204 g/mol. The van der Waals surface area contributed by atoms with Gasteiger partial charge in [0.25, 0.3) is 5.69 Å². The van der Waals surface area contributed by atoms with Crippen LogP contribution in [0.3, 0.4) is 0 Å². The van der Waals surface area contributed by atoms with E-state index in [4.69, 9.17) is 0 Å². The van der Waals surface area contributed by atoms with E-state index < -0.39 is 0 Å². The van der Waals surface area contributed by atoms with Crippen molar-refractivity contribution in [3.63, 3.8) is 0 Å². The minimum absolute atomic E-state index is 0.167. The summed E-state index contributed by atoms with van der Waals surface area (Å²) in [6.07, 6.45) is 4.64. The van der Waals surface area contributed by atoms with Gasteiger partial charge in [-0.2, -0.15) is 0 Å². The highest BCUT2D eigenvalue weighted by Crippen LogP contribution is 2.23. The second-order valence-corrected chi connectivity index (χ2v) is 3.56. The van der Waals surface area contributed by atoms with Crippen LogP contribution in [0.4, 0.5) is 5.69 Å². The summed E-state index contributed by atoms with van der Waals surface area (Å²) in [4.78, 5) is 10.5. The van der Waals surface area contributed by atoms with E-state index in [0.29, 0.717) is 5.56 Å². The number of hydrogen-bond acceptors (Lipinski definition) is 3. The van der Waals surface area contributed by atoms with Gasteiger partial charge in [-0.25, -0.2) is 0 Å². The van der Waals surface area contributed by atoms with Crippen LogP contribution in [0, 0.1) is 17.0 Å². The SMILES string of the molecule is CNCCC=Cc1c(C)cccc1[N+](=O)[O-]. The van der Waals surface area contributed by atoms with Crippen LogP contribution in [0.25, 0.3) is 6.08 Å². The van der Waals surface area contributed by atoms with Gasteiger partial charge in [-0.3, -0.25) is 10.1 Å². The fourth-order valence-electron chi connectivity index (χ4n) is 1.47. The van der Waals surface area contributed by atoms with Gasteiger partial charge in [0.05, 0.1) is 10.5 Å². The molecule has 16 heavy (non-hydrogen) atoms. The summed E-state index contributed by atoms with van der Waals surface area (Å²) in [5, 5.41) is 13.8. The maximum atomic E-state index is 10.8. The molecule has 0 saturated carbocycles. The lowest BCUT2D eigenvalue weighted by molar-refractivity contribution is -0.385. The van der Waals surface area contributed by atoms with E-state index >= 15 is 0 Å². The zero-order chi connectivity index (χ0) is 12.0. The van der Waals surface area contributed by atoms with E-state index in [0.717, 1.165) is 18.5 Å². The molecule has 0 radical (unpaired) electrons. The highest BCUT2D eigenvalue weighted by Gasteiger charge is 2.12. The molecule has 0 unspecified atom stereocenters. The maximum absolute atomic E-state index is 10.8. The van der Waals surface area contributed by atoms with Crippen LogP contribution in [0.15, 0.2) is 24.3 Å². The quantitative estimate of drug-likeness (QED) is 0.471. The fourth-order valence-corrected chi connectivity index (χ4v) is 1.47. The van der Waals surface area contributed by atoms with Crippen LogP contribution in [-0.4, -0.2) is 18.5 Å². The van der Waals surface area contributed by atoms with Crippen LogP contribution in [0.2, 0.25) is 0 Å². The molecule has 0 atom stereocenters. The van der Waals surface area contributed by atoms with Crippen LogP contribution in [-0.2, 0) is 0 Å². The summed E-state index contributed by atoms with van der Waals surface area (Å²) < 4.78 is 0. The van der Waals surface area contributed by atoms with Gasteiger partial charge in [0.15, 0.2) is 0 Å². The Kier molecular flexibility index (Phi) is 4.66. The summed E-state index contributed by atoms with van der Waals surface area (Å²) in [5.41, 5.74) is 1.79. The molecule has 0 aliphatic rings. The van der Waals surface area contributed by atoms with Crippen molar-refractivity contribution in [3.8, 4) is 0 Å². The minimum Gasteiger partial charge on any atom is -0.319 e. The van der Waals surface area contributed by atoms with Gasteiger partial charge in [0.1, 0.15) is 0 Å². The van der Waals surface area contributed by atoms with Crippen LogP contribution in [0.1, 0.15) is 17.5 Å². The molecule has 1 aromatic carbocycles. The molecule has 0 aliphatic carbocycles. The Labute approximate surface area is 95.1 Å². The Morgan fingerprint density at radius 2 is 2.25 bits per heavy atom. The van der Waals surface area contributed by atoms with Crippen molar-refractivity contribution in [2.45, 2.75) is 13.3 Å². The van der Waals surface area contributed by atoms with E-state index in [-0.39, 0.29) is 10.6 Å². The van der Waals surface area contributed by atoms with Crippen molar-refractivity contribution in [2.75, 3.05) is 13.6 Å². The second-order valence-electron chi connectivity index (χ2n) is 3.56. The number of rotatable bonds is 5. The topological polar surface area (TPSA) is 55.2 Å². The average Bonchev–Trinajstić information content (AvgIpc) is 2.25. The molecule has 0 aliphatic heterocycles. The number of nitrogens with zero attached hydrogens (tertiary/aromatic N) is 1. The predicted molar refractivity (Wildman–Crippen MR) is 65.4 cm³/mol. The number of hydrogen-bond donors (Lipinski definition) is 1. The molecule has 1 aromatic rings. The summed E-state index contributed by atoms with van der Waals surface area (Å²) in [6, 6.07) is 5.12. The lowest BCUT2D eigenvalue weighted by Gasteiger charge is -2.01. The third kappa shape index (κ3) is 3.17. The Hall–Kier alpha value is -1.68. The van der Waals surface area contributed by atoms with Gasteiger partial charge in [-0.1, -0.05) is 24.3 Å². The molecule has 0 saturated heterocycles. The normalized spacial score (nSPS) is 10.9. The molecule has 86 valence electrons. The van der Waals surface area contributed by atoms with Gasteiger partial charge < -0.3 is 5.32 Å². The smallest absolute Gasteiger partial charge is 0.276 e. The predicted octanol–water partition coefficient (Wildman–Crippen LogP) is 2.53. The summed E-state index contributed by atoms with van der Waals surface area (Å²) in [6.45, 7) is 2.75. The van der Waals surface area contributed by atoms with Crippen molar-refractivity contribution in [3.05, 3.63) is 45.5 Å². The first-order valence-electron chi connectivity index (χ1n) is 5.22. The van der Waals surface area contributed by atoms with E-state index in [2.05, 4.69) is 5.32 Å². The summed E-state index contributed by atoms with van der Waals surface area (Å²) >= 11 is 0. The van der Waals surface area contributed by atoms with Crippen LogP contribution < -0.4 is 5.32 Å². The van der Waals surface area contributed by atoms with Crippen molar-refractivity contribution < 1.29 is 4.92 Å². The molecule has 0 amide bonds. The standard InChI is InChI=1S/C12H16N2O2/c1-10-6-5-8-12(14(15)16)11(10)7-3-4-9-13-2/h3,5-8,13H,4,9H2,1-2H3. The van der Waals surface area contributed by atoms with Crippen molar-refractivity contribution in [2.24, 2.45) is 0 Å². The Bertz CT molecular complexity index is 400. The summed E-state index contributed by atoms with van der Waals surface area (Å²) in [5.74, 6) is 0. The fraction of sp³-hybridized carbons (Fsp3) is 0.333. The van der Waals surface area contributed by atoms with E-state index in [1.54, 1.807) is 6.07 Å². The number of nitrogens with one attached hydrogen (secondary N) is 1. The number of benzene rings is 1. The van der Waals surface area contributed by atoms with Gasteiger partial charge >= 0.3 is 0 Å². The van der Waals surface area contributed by atoms with Gasteiger partial charge in [0.2, 0.25) is 0 Å². The first-order chi connectivity index (χ1) is 7.66. The Morgan fingerprint density at radius 1 is 1.50 bits per heavy atom. The van der Waals surface area contributed by atoms with E-state index in [1.807, 2.05) is 32.2 Å². The zero-order valence-corrected chi connectivity index (χ0v) is 9.56. The molecule has 4 heteroatoms. The molecule has 0 fully saturated rings. The third-order valence-corrected chi connectivity index (χ3v) is 2.34. The maximum Gasteiger partial charge on any atom is 0.276 e. The molecule has 0 aromatic heterocycles. The minimum atomic E-state index is -0.343. The van der Waals surface area contributed by atoms with E-state index in [1.165, 1.54) is 6.07 Å². The van der Waals surface area contributed by atoms with Crippen LogP contribution >= 0.6 is 0 Å². The van der Waals surface area contributed by atoms with Gasteiger partial charge in [0, 0.05) is 6.07 Å². The lowest BCUT2D eigenvalue weighted by Crippen LogP contribution is -2.05. The van der Waals surface area contributed by atoms with Crippen molar-refractivity contribution in [1.82, 2.24) is 5.32 Å². The second kappa shape index (κ2) is 6.02. The first kappa shape index (κ1) is 12.4. The lowest BCUT2D eigenvalue weighted by atomic mass is 10.1. The molecule has 4 nitrogen and oxygen atoms in total. The van der Waals surface area contributed by atoms with Crippen molar-refractivity contribution in [1.29, 1.82) is 0 Å². The molecule has 1 N–H and O–H groups in total. The Morgan fingerprint density at radius 3 is 2.88 bits per heavy atom. The highest BCUT2D eigenvalue weighted by molar-refractivity contribution is 5.64. The summed E-state index contributed by atoms with van der Waals surface area (Å²) in [7, 11) is 1.88. The van der Waals surface area contributed by atoms with Gasteiger partial charge in [-0.05, 0) is 32.5 Å². The molecule has 0 bridgehead atoms. The number of aryl methyl sites for hydroxylation is 1. The third-order valence-electron chi connectivity index (χ3n) is 2.34. The number of nitro benzene ring substituents is 1. The molecule has 1 rings (SSSR count).